The molecule has 17 heteroatoms. The van der Waals surface area contributed by atoms with Crippen molar-refractivity contribution in [3.8, 4) is 0 Å². The molecule has 3 aliphatic rings. The van der Waals surface area contributed by atoms with Crippen LogP contribution in [0, 0.1) is 17.8 Å². The van der Waals surface area contributed by atoms with E-state index in [9.17, 15) is 37.8 Å². The molecule has 0 saturated carbocycles. The Morgan fingerprint density at radius 1 is 1.07 bits per heavy atom. The Labute approximate surface area is 327 Å². The molecule has 1 aromatic rings. The molecule has 4 rings (SSSR count). The van der Waals surface area contributed by atoms with Crippen LogP contribution in [-0.4, -0.2) is 132 Å². The second-order valence-electron chi connectivity index (χ2n) is 16.6. The standard InChI is InChI=1S/C39H60F3N3O11/c1-12-28-38(8)32(55-36(49)56-38)24(6)45(11)19-20(2)18-37(7,50)31(54-34-29(46)27(44(9)10)17-21(3)51-34)22(4)30(23(5)33(47)52-28)53-35(48)43-26-15-13-25(14-16-26)39(40,41)42/h13-16,20-24,27-32,34,46,50H,12,17-19H2,1-11H3,(H,43,48)/t20-,21-,22+,23-,24-,27+,28-,29-,30+,31-,32-,34+,37-,38-/m1/s1. The summed E-state index contributed by atoms with van der Waals surface area (Å²) >= 11 is 0. The van der Waals surface area contributed by atoms with Crippen molar-refractivity contribution in [1.29, 1.82) is 0 Å². The van der Waals surface area contributed by atoms with Gasteiger partial charge in [-0.2, -0.15) is 13.2 Å². The first-order valence-electron chi connectivity index (χ1n) is 19.2. The number of esters is 1. The number of aliphatic hydroxyl groups excluding tert-OH is 1. The normalized spacial score (nSPS) is 39.4. The highest BCUT2D eigenvalue weighted by Gasteiger charge is 2.58. The number of hydrogen-bond acceptors (Lipinski definition) is 13. The van der Waals surface area contributed by atoms with E-state index in [2.05, 4.69) is 5.32 Å². The number of anilines is 1. The number of hydrogen-bond donors (Lipinski definition) is 3. The molecule has 0 aliphatic carbocycles. The largest absolute Gasteiger partial charge is 0.509 e. The number of likely N-dealkylation sites (N-methyl/N-ethyl adjacent to an activating group) is 2. The van der Waals surface area contributed by atoms with Crippen molar-refractivity contribution in [1.82, 2.24) is 9.80 Å². The zero-order valence-corrected chi connectivity index (χ0v) is 34.2. The van der Waals surface area contributed by atoms with Gasteiger partial charge in [0.1, 0.15) is 18.3 Å². The van der Waals surface area contributed by atoms with E-state index in [-0.39, 0.29) is 36.6 Å². The van der Waals surface area contributed by atoms with E-state index in [0.29, 0.717) is 13.0 Å². The number of aliphatic hydroxyl groups is 2. The molecule has 0 bridgehead atoms. The highest BCUT2D eigenvalue weighted by Crippen LogP contribution is 2.40. The number of rotatable bonds is 6. The average Bonchev–Trinajstić information content (AvgIpc) is 3.41. The number of benzene rings is 1. The fourth-order valence-electron chi connectivity index (χ4n) is 8.56. The van der Waals surface area contributed by atoms with Gasteiger partial charge in [-0.05, 0) is 105 Å². The van der Waals surface area contributed by atoms with E-state index in [4.69, 9.17) is 28.4 Å². The van der Waals surface area contributed by atoms with Crippen molar-refractivity contribution in [3.05, 3.63) is 29.8 Å². The van der Waals surface area contributed by atoms with Gasteiger partial charge >= 0.3 is 24.4 Å². The monoisotopic (exact) mass is 803 g/mol. The summed E-state index contributed by atoms with van der Waals surface area (Å²) in [5.41, 5.74) is -4.05. The lowest BCUT2D eigenvalue weighted by Gasteiger charge is -2.47. The van der Waals surface area contributed by atoms with Crippen molar-refractivity contribution in [3.63, 3.8) is 0 Å². The van der Waals surface area contributed by atoms with Gasteiger partial charge < -0.3 is 43.5 Å². The lowest BCUT2D eigenvalue weighted by Crippen LogP contribution is -2.59. The van der Waals surface area contributed by atoms with Crippen LogP contribution in [0.1, 0.15) is 80.2 Å². The van der Waals surface area contributed by atoms with Crippen LogP contribution >= 0.6 is 0 Å². The smallest absolute Gasteiger partial charge is 0.458 e. The number of alkyl halides is 3. The van der Waals surface area contributed by atoms with Gasteiger partial charge in [0.15, 0.2) is 18.0 Å². The third-order valence-electron chi connectivity index (χ3n) is 11.6. The average molecular weight is 804 g/mol. The molecule has 3 aliphatic heterocycles. The molecular weight excluding hydrogens is 743 g/mol. The Kier molecular flexibility index (Phi) is 14.4. The van der Waals surface area contributed by atoms with Crippen LogP contribution in [0.25, 0.3) is 0 Å². The second-order valence-corrected chi connectivity index (χ2v) is 16.6. The second kappa shape index (κ2) is 17.7. The maximum Gasteiger partial charge on any atom is 0.509 e. The number of ether oxygens (including phenoxy) is 6. The molecule has 56 heavy (non-hydrogen) atoms. The van der Waals surface area contributed by atoms with Crippen LogP contribution in [0.2, 0.25) is 0 Å². The Hall–Kier alpha value is -3.22. The quantitative estimate of drug-likeness (QED) is 0.247. The molecule has 0 radical (unpaired) electrons. The molecule has 1 amide bonds. The number of amides is 1. The minimum absolute atomic E-state index is 0.00890. The SMILES string of the molecule is CC[C@H]1OC(=O)[C@H](C)[C@@H](OC(=O)Nc2ccc(C(F)(F)F)cc2)[C@H](C)[C@@H](O[C@@H]2O[C@H](C)C[C@H](N(C)C)[C@H]2O)[C@](C)(O)C[C@@H](C)CN(C)[C@H](C)[C@H]2OC(=O)O[C@@]21C. The number of fused-ring (bicyclic) bond motifs is 1. The third-order valence-corrected chi connectivity index (χ3v) is 11.6. The van der Waals surface area contributed by atoms with Gasteiger partial charge in [0, 0.05) is 30.2 Å². The van der Waals surface area contributed by atoms with Gasteiger partial charge in [0.05, 0.1) is 29.3 Å². The van der Waals surface area contributed by atoms with E-state index in [1.807, 2.05) is 51.7 Å². The van der Waals surface area contributed by atoms with Crippen molar-refractivity contribution in [2.75, 3.05) is 33.0 Å². The lowest BCUT2D eigenvalue weighted by atomic mass is 9.77. The van der Waals surface area contributed by atoms with Crippen LogP contribution in [0.3, 0.4) is 0 Å². The molecule has 0 aromatic heterocycles. The van der Waals surface area contributed by atoms with Crippen molar-refractivity contribution in [2.45, 2.75) is 147 Å². The molecule has 3 N–H and O–H groups in total. The summed E-state index contributed by atoms with van der Waals surface area (Å²) in [6, 6.07) is 2.95. The van der Waals surface area contributed by atoms with E-state index in [1.165, 1.54) is 6.92 Å². The minimum atomic E-state index is -4.60. The first kappa shape index (κ1) is 45.5. The molecular formula is C39H60F3N3O11. The fraction of sp³-hybridized carbons (Fsp3) is 0.769. The molecule has 14 nitrogen and oxygen atoms in total. The zero-order valence-electron chi connectivity index (χ0n) is 34.2. The zero-order chi connectivity index (χ0) is 42.1. The predicted molar refractivity (Wildman–Crippen MR) is 197 cm³/mol. The lowest BCUT2D eigenvalue weighted by molar-refractivity contribution is -0.299. The summed E-state index contributed by atoms with van der Waals surface area (Å²) in [4.78, 5) is 44.3. The van der Waals surface area contributed by atoms with Gasteiger partial charge in [-0.3, -0.25) is 15.0 Å². The summed E-state index contributed by atoms with van der Waals surface area (Å²) in [6.07, 6.45) is -13.0. The summed E-state index contributed by atoms with van der Waals surface area (Å²) in [5.74, 6) is -3.33. The van der Waals surface area contributed by atoms with Crippen molar-refractivity contribution in [2.24, 2.45) is 17.8 Å². The molecule has 3 heterocycles. The molecule has 3 saturated heterocycles. The van der Waals surface area contributed by atoms with Crippen molar-refractivity contribution >= 4 is 23.9 Å². The Morgan fingerprint density at radius 2 is 1.70 bits per heavy atom. The molecule has 0 spiro atoms. The number of cyclic esters (lactones) is 1. The molecule has 3 fully saturated rings. The first-order valence-corrected chi connectivity index (χ1v) is 19.2. The van der Waals surface area contributed by atoms with Crippen LogP contribution in [0.4, 0.5) is 28.4 Å². The number of carbonyl (C=O) groups is 3. The maximum absolute atomic E-state index is 14.2. The predicted octanol–water partition coefficient (Wildman–Crippen LogP) is 5.43. The van der Waals surface area contributed by atoms with Crippen LogP contribution in [-0.2, 0) is 39.4 Å². The number of nitrogens with one attached hydrogen (secondary N) is 1. The van der Waals surface area contributed by atoms with E-state index in [0.717, 1.165) is 24.3 Å². The molecule has 0 unspecified atom stereocenters. The molecule has 1 aromatic carbocycles. The molecule has 318 valence electrons. The van der Waals surface area contributed by atoms with E-state index >= 15 is 0 Å². The van der Waals surface area contributed by atoms with Gasteiger partial charge in [0.2, 0.25) is 0 Å². The van der Waals surface area contributed by atoms with E-state index in [1.54, 1.807) is 27.7 Å². The van der Waals surface area contributed by atoms with Gasteiger partial charge in [-0.1, -0.05) is 20.8 Å². The Bertz CT molecular complexity index is 1510. The van der Waals surface area contributed by atoms with E-state index < -0.39 is 95.8 Å². The minimum Gasteiger partial charge on any atom is -0.458 e. The van der Waals surface area contributed by atoms with Gasteiger partial charge in [0.25, 0.3) is 0 Å². The summed E-state index contributed by atoms with van der Waals surface area (Å²) < 4.78 is 75.8. The summed E-state index contributed by atoms with van der Waals surface area (Å²) in [7, 11) is 5.49. The number of halogens is 3. The Morgan fingerprint density at radius 3 is 2.27 bits per heavy atom. The molecule has 14 atom stereocenters. The van der Waals surface area contributed by atoms with Gasteiger partial charge in [-0.15, -0.1) is 0 Å². The first-order chi connectivity index (χ1) is 25.9. The number of nitrogens with zero attached hydrogens (tertiary/aromatic N) is 2. The third kappa shape index (κ3) is 10.3. The maximum atomic E-state index is 14.2. The summed E-state index contributed by atoms with van der Waals surface area (Å²) in [6.45, 7) is 14.1. The topological polar surface area (TPSA) is 166 Å². The van der Waals surface area contributed by atoms with Crippen LogP contribution in [0.5, 0.6) is 0 Å². The highest BCUT2D eigenvalue weighted by molar-refractivity contribution is 5.85. The summed E-state index contributed by atoms with van der Waals surface area (Å²) in [5, 5.41) is 26.3. The van der Waals surface area contributed by atoms with Crippen LogP contribution < -0.4 is 5.32 Å². The highest BCUT2D eigenvalue weighted by atomic mass is 19.4. The number of carbonyl (C=O) groups excluding carboxylic acids is 3. The van der Waals surface area contributed by atoms with Crippen molar-refractivity contribution < 1.29 is 66.2 Å². The Balaban J connectivity index is 1.79. The van der Waals surface area contributed by atoms with Gasteiger partial charge in [-0.25, -0.2) is 9.59 Å². The van der Waals surface area contributed by atoms with Crippen LogP contribution in [0.15, 0.2) is 24.3 Å². The fourth-order valence-corrected chi connectivity index (χ4v) is 8.56.